The van der Waals surface area contributed by atoms with Crippen molar-refractivity contribution in [2.75, 3.05) is 25.1 Å². The summed E-state index contributed by atoms with van der Waals surface area (Å²) in [7, 11) is 1.58. The van der Waals surface area contributed by atoms with Gasteiger partial charge in [-0.25, -0.2) is 0 Å². The number of hydrogen-bond donors (Lipinski definition) is 0. The van der Waals surface area contributed by atoms with Gasteiger partial charge in [-0.3, -0.25) is 14.9 Å². The average molecular weight is 487 g/mol. The molecule has 7 nitrogen and oxygen atoms in total. The number of carbonyl (C=O) groups excluding carboxylic acids is 1. The van der Waals surface area contributed by atoms with Crippen molar-refractivity contribution in [3.8, 4) is 11.5 Å². The highest BCUT2D eigenvalue weighted by atomic mass is 16.6. The lowest BCUT2D eigenvalue weighted by molar-refractivity contribution is -0.385. The summed E-state index contributed by atoms with van der Waals surface area (Å²) >= 11 is 0. The quantitative estimate of drug-likeness (QED) is 0.151. The lowest BCUT2D eigenvalue weighted by atomic mass is 10.1. The predicted molar refractivity (Wildman–Crippen MR) is 141 cm³/mol. The molecule has 0 unspecified atom stereocenters. The summed E-state index contributed by atoms with van der Waals surface area (Å²) in [5, 5.41) is 11.0. The van der Waals surface area contributed by atoms with Crippen LogP contribution in [0, 0.1) is 17.0 Å². The molecule has 0 N–H and O–H groups in total. The molecule has 1 aliphatic rings. The van der Waals surface area contributed by atoms with Crippen molar-refractivity contribution in [1.29, 1.82) is 0 Å². The van der Waals surface area contributed by atoms with Gasteiger partial charge in [0.25, 0.3) is 5.69 Å². The number of allylic oxidation sites excluding steroid dienone is 1. The molecule has 0 aromatic heterocycles. The lowest BCUT2D eigenvalue weighted by Crippen LogP contribution is -2.29. The second kappa shape index (κ2) is 11.5. The first-order valence-electron chi connectivity index (χ1n) is 12.1. The SMILES string of the molecule is COc1ccc(/C=C/C(=O)c2ccc(N3CCCCC3)cc2)cc1COc1ccc([N+](=O)[O-])c(C)c1. The van der Waals surface area contributed by atoms with Crippen LogP contribution >= 0.6 is 0 Å². The molecular weight excluding hydrogens is 456 g/mol. The van der Waals surface area contributed by atoms with Crippen LogP contribution in [0.25, 0.3) is 6.08 Å². The van der Waals surface area contributed by atoms with Gasteiger partial charge in [-0.15, -0.1) is 0 Å². The molecule has 3 aromatic carbocycles. The third-order valence-corrected chi connectivity index (χ3v) is 6.36. The van der Waals surface area contributed by atoms with Crippen molar-refractivity contribution >= 4 is 23.2 Å². The van der Waals surface area contributed by atoms with Crippen molar-refractivity contribution in [2.24, 2.45) is 0 Å². The van der Waals surface area contributed by atoms with Crippen LogP contribution < -0.4 is 14.4 Å². The summed E-state index contributed by atoms with van der Waals surface area (Å²) in [5.41, 5.74) is 4.04. The van der Waals surface area contributed by atoms with E-state index < -0.39 is 4.92 Å². The van der Waals surface area contributed by atoms with Crippen LogP contribution in [0.5, 0.6) is 11.5 Å². The maximum atomic E-state index is 12.7. The van der Waals surface area contributed by atoms with E-state index in [0.717, 1.165) is 24.2 Å². The summed E-state index contributed by atoms with van der Waals surface area (Å²) in [6.07, 6.45) is 7.06. The Morgan fingerprint density at radius 1 is 1.03 bits per heavy atom. The fraction of sp³-hybridized carbons (Fsp3) is 0.276. The monoisotopic (exact) mass is 486 g/mol. The molecule has 1 fully saturated rings. The normalized spacial score (nSPS) is 13.6. The summed E-state index contributed by atoms with van der Waals surface area (Å²) in [6.45, 7) is 4.03. The number of nitrogens with zero attached hydrogens (tertiary/aromatic N) is 2. The molecule has 0 saturated carbocycles. The topological polar surface area (TPSA) is 81.9 Å². The molecule has 1 saturated heterocycles. The summed E-state index contributed by atoms with van der Waals surface area (Å²) in [5.74, 6) is 1.13. The number of methoxy groups -OCH3 is 1. The van der Waals surface area contributed by atoms with Gasteiger partial charge in [0.2, 0.25) is 0 Å². The minimum absolute atomic E-state index is 0.0536. The standard InChI is InChI=1S/C29H30N2O5/c1-21-18-26(12-13-27(21)31(33)34)36-20-24-19-22(7-15-29(24)35-2)6-14-28(32)23-8-10-25(11-9-23)30-16-4-3-5-17-30/h6-15,18-19H,3-5,16-17,20H2,1-2H3/b14-6+. The van der Waals surface area contributed by atoms with E-state index in [-0.39, 0.29) is 18.1 Å². The van der Waals surface area contributed by atoms with E-state index in [0.29, 0.717) is 22.6 Å². The van der Waals surface area contributed by atoms with Crippen LogP contribution in [-0.2, 0) is 6.61 Å². The zero-order chi connectivity index (χ0) is 25.5. The first-order valence-corrected chi connectivity index (χ1v) is 12.1. The van der Waals surface area contributed by atoms with Gasteiger partial charge in [0.1, 0.15) is 18.1 Å². The van der Waals surface area contributed by atoms with E-state index in [9.17, 15) is 14.9 Å². The molecule has 0 amide bonds. The second-order valence-electron chi connectivity index (χ2n) is 8.86. The van der Waals surface area contributed by atoms with E-state index in [2.05, 4.69) is 4.90 Å². The zero-order valence-corrected chi connectivity index (χ0v) is 20.6. The fourth-order valence-electron chi connectivity index (χ4n) is 4.36. The Hall–Kier alpha value is -4.13. The number of ether oxygens (including phenoxy) is 2. The average Bonchev–Trinajstić information content (AvgIpc) is 2.91. The highest BCUT2D eigenvalue weighted by Gasteiger charge is 2.13. The molecule has 36 heavy (non-hydrogen) atoms. The van der Waals surface area contributed by atoms with Crippen LogP contribution in [0.2, 0.25) is 0 Å². The van der Waals surface area contributed by atoms with E-state index in [4.69, 9.17) is 9.47 Å². The Kier molecular flexibility index (Phi) is 8.00. The van der Waals surface area contributed by atoms with Gasteiger partial charge in [-0.2, -0.15) is 0 Å². The van der Waals surface area contributed by atoms with E-state index >= 15 is 0 Å². The third kappa shape index (κ3) is 6.10. The highest BCUT2D eigenvalue weighted by Crippen LogP contribution is 2.26. The number of anilines is 1. The maximum absolute atomic E-state index is 12.7. The minimum atomic E-state index is -0.414. The second-order valence-corrected chi connectivity index (χ2v) is 8.86. The molecule has 0 aliphatic carbocycles. The molecule has 7 heteroatoms. The van der Waals surface area contributed by atoms with Crippen molar-refractivity contribution in [3.63, 3.8) is 0 Å². The van der Waals surface area contributed by atoms with Gasteiger partial charge in [0.15, 0.2) is 5.78 Å². The molecule has 0 radical (unpaired) electrons. The van der Waals surface area contributed by atoms with Crippen LogP contribution in [0.3, 0.4) is 0 Å². The first-order chi connectivity index (χ1) is 17.4. The molecule has 0 spiro atoms. The molecular formula is C29H30N2O5. The number of hydrogen-bond acceptors (Lipinski definition) is 6. The molecule has 4 rings (SSSR count). The highest BCUT2D eigenvalue weighted by molar-refractivity contribution is 6.07. The van der Waals surface area contributed by atoms with Gasteiger partial charge < -0.3 is 14.4 Å². The Bertz CT molecular complexity index is 1260. The number of benzene rings is 3. The van der Waals surface area contributed by atoms with Gasteiger partial charge in [-0.1, -0.05) is 12.1 Å². The van der Waals surface area contributed by atoms with E-state index in [1.807, 2.05) is 42.5 Å². The van der Waals surface area contributed by atoms with Gasteiger partial charge in [-0.05, 0) is 86.4 Å². The van der Waals surface area contributed by atoms with Gasteiger partial charge in [0, 0.05) is 41.5 Å². The van der Waals surface area contributed by atoms with Crippen molar-refractivity contribution < 1.29 is 19.2 Å². The molecule has 186 valence electrons. The zero-order valence-electron chi connectivity index (χ0n) is 20.6. The third-order valence-electron chi connectivity index (χ3n) is 6.36. The molecule has 1 heterocycles. The van der Waals surface area contributed by atoms with Gasteiger partial charge >= 0.3 is 0 Å². The first kappa shape index (κ1) is 25.0. The lowest BCUT2D eigenvalue weighted by Gasteiger charge is -2.28. The van der Waals surface area contributed by atoms with Crippen LogP contribution in [0.15, 0.2) is 66.7 Å². The number of piperidine rings is 1. The number of ketones is 1. The summed E-state index contributed by atoms with van der Waals surface area (Å²) < 4.78 is 11.3. The minimum Gasteiger partial charge on any atom is -0.496 e. The number of carbonyl (C=O) groups is 1. The molecule has 0 atom stereocenters. The van der Waals surface area contributed by atoms with Crippen molar-refractivity contribution in [1.82, 2.24) is 0 Å². The maximum Gasteiger partial charge on any atom is 0.272 e. The van der Waals surface area contributed by atoms with Crippen LogP contribution in [0.4, 0.5) is 11.4 Å². The van der Waals surface area contributed by atoms with Gasteiger partial charge in [0.05, 0.1) is 12.0 Å². The summed E-state index contributed by atoms with van der Waals surface area (Å²) in [4.78, 5) is 25.7. The Morgan fingerprint density at radius 3 is 2.44 bits per heavy atom. The Morgan fingerprint density at radius 2 is 1.78 bits per heavy atom. The number of rotatable bonds is 9. The molecule has 0 bridgehead atoms. The number of nitro groups is 1. The number of aryl methyl sites for hydroxylation is 1. The van der Waals surface area contributed by atoms with E-state index in [1.165, 1.54) is 31.0 Å². The molecule has 1 aliphatic heterocycles. The summed E-state index contributed by atoms with van der Waals surface area (Å²) in [6, 6.07) is 18.1. The largest absolute Gasteiger partial charge is 0.496 e. The van der Waals surface area contributed by atoms with Crippen LogP contribution in [-0.4, -0.2) is 30.9 Å². The number of nitro benzene ring substituents is 1. The smallest absolute Gasteiger partial charge is 0.272 e. The van der Waals surface area contributed by atoms with E-state index in [1.54, 1.807) is 38.3 Å². The molecule has 3 aromatic rings. The van der Waals surface area contributed by atoms with Crippen molar-refractivity contribution in [3.05, 3.63) is 99.1 Å². The van der Waals surface area contributed by atoms with Crippen LogP contribution in [0.1, 0.15) is 46.3 Å². The Balaban J connectivity index is 1.42. The predicted octanol–water partition coefficient (Wildman–Crippen LogP) is 6.38. The van der Waals surface area contributed by atoms with Crippen molar-refractivity contribution in [2.45, 2.75) is 32.8 Å². The Labute approximate surface area is 211 Å². The fourth-order valence-corrected chi connectivity index (χ4v) is 4.36.